The smallest absolute Gasteiger partial charge is 0.257 e. The quantitative estimate of drug-likeness (QED) is 0.775. The van der Waals surface area contributed by atoms with Crippen LogP contribution in [0, 0.1) is 0 Å². The Hall–Kier alpha value is -2.18. The molecule has 3 N–H and O–H groups in total. The molecule has 1 unspecified atom stereocenters. The zero-order valence-electron chi connectivity index (χ0n) is 12.7. The van der Waals surface area contributed by atoms with Gasteiger partial charge in [-0.05, 0) is 18.9 Å². The fourth-order valence-corrected chi connectivity index (χ4v) is 2.21. The Kier molecular flexibility index (Phi) is 5.48. The van der Waals surface area contributed by atoms with E-state index in [1.54, 1.807) is 17.1 Å². The van der Waals surface area contributed by atoms with Gasteiger partial charge >= 0.3 is 0 Å². The van der Waals surface area contributed by atoms with E-state index in [9.17, 15) is 0 Å². The zero-order chi connectivity index (χ0) is 15.1. The largest absolute Gasteiger partial charge is 0.368 e. The van der Waals surface area contributed by atoms with Gasteiger partial charge in [-0.3, -0.25) is 0 Å². The number of unbranched alkanes of at least 4 members (excludes halogenated alkanes) is 1. The van der Waals surface area contributed by atoms with Crippen LogP contribution >= 0.6 is 0 Å². The molecule has 2 aromatic heterocycles. The summed E-state index contributed by atoms with van der Waals surface area (Å²) in [5.41, 5.74) is 5.77. The summed E-state index contributed by atoms with van der Waals surface area (Å²) in [6.45, 7) is 4.37. The molecule has 0 aliphatic rings. The van der Waals surface area contributed by atoms with Crippen LogP contribution < -0.4 is 11.1 Å². The number of nitrogens with two attached hydrogens (primary N) is 1. The minimum Gasteiger partial charge on any atom is -0.368 e. The molecular weight excluding hydrogens is 266 g/mol. The van der Waals surface area contributed by atoms with E-state index in [1.807, 2.05) is 6.07 Å². The molecule has 2 rings (SSSR count). The van der Waals surface area contributed by atoms with Gasteiger partial charge in [-0.25, -0.2) is 4.68 Å². The Balaban J connectivity index is 2.14. The fourth-order valence-electron chi connectivity index (χ4n) is 2.21. The summed E-state index contributed by atoms with van der Waals surface area (Å²) in [5, 5.41) is 7.49. The molecule has 7 nitrogen and oxygen atoms in total. The van der Waals surface area contributed by atoms with Gasteiger partial charge in [-0.2, -0.15) is 20.1 Å². The van der Waals surface area contributed by atoms with Crippen molar-refractivity contribution in [1.82, 2.24) is 24.7 Å². The van der Waals surface area contributed by atoms with Gasteiger partial charge in [0.05, 0.1) is 0 Å². The number of anilines is 2. The maximum absolute atomic E-state index is 5.77. The van der Waals surface area contributed by atoms with E-state index in [0.717, 1.165) is 19.3 Å². The molecule has 0 saturated heterocycles. The maximum Gasteiger partial charge on any atom is 0.257 e. The minimum atomic E-state index is 0.198. The normalized spacial score (nSPS) is 12.3. The zero-order valence-corrected chi connectivity index (χ0v) is 12.7. The molecule has 0 aliphatic heterocycles. The number of nitrogens with zero attached hydrogens (tertiary/aromatic N) is 5. The minimum absolute atomic E-state index is 0.198. The molecule has 114 valence electrons. The molecule has 0 bridgehead atoms. The van der Waals surface area contributed by atoms with Crippen LogP contribution in [0.1, 0.15) is 46.0 Å². The molecule has 2 aromatic rings. The van der Waals surface area contributed by atoms with Gasteiger partial charge in [0.25, 0.3) is 5.95 Å². The van der Waals surface area contributed by atoms with Crippen molar-refractivity contribution in [2.75, 3.05) is 11.1 Å². The molecule has 0 radical (unpaired) electrons. The van der Waals surface area contributed by atoms with Crippen molar-refractivity contribution in [3.63, 3.8) is 0 Å². The van der Waals surface area contributed by atoms with Gasteiger partial charge in [-0.1, -0.05) is 33.1 Å². The van der Waals surface area contributed by atoms with Crippen LogP contribution in [0.4, 0.5) is 11.9 Å². The number of hydrogen-bond acceptors (Lipinski definition) is 6. The van der Waals surface area contributed by atoms with Crippen molar-refractivity contribution < 1.29 is 0 Å². The number of nitrogen functional groups attached to an aromatic ring is 1. The van der Waals surface area contributed by atoms with Crippen LogP contribution in [0.15, 0.2) is 18.5 Å². The van der Waals surface area contributed by atoms with E-state index in [1.165, 1.54) is 12.8 Å². The third kappa shape index (κ3) is 4.40. The summed E-state index contributed by atoms with van der Waals surface area (Å²) in [6.07, 6.45) is 9.13. The lowest BCUT2D eigenvalue weighted by atomic mass is 10.1. The SMILES string of the molecule is CCCCC(CCC)Nc1nc(N)nc(-n2cccn2)n1. The van der Waals surface area contributed by atoms with Gasteiger partial charge in [0, 0.05) is 18.4 Å². The van der Waals surface area contributed by atoms with E-state index < -0.39 is 0 Å². The number of hydrogen-bond donors (Lipinski definition) is 2. The van der Waals surface area contributed by atoms with Gasteiger partial charge in [0.1, 0.15) is 0 Å². The predicted molar refractivity (Wildman–Crippen MR) is 83.2 cm³/mol. The third-order valence-corrected chi connectivity index (χ3v) is 3.23. The van der Waals surface area contributed by atoms with Crippen LogP contribution in [0.5, 0.6) is 0 Å². The molecule has 21 heavy (non-hydrogen) atoms. The Bertz CT molecular complexity index is 538. The highest BCUT2D eigenvalue weighted by molar-refractivity contribution is 5.35. The highest BCUT2D eigenvalue weighted by atomic mass is 15.4. The molecule has 1 atom stereocenters. The fraction of sp³-hybridized carbons (Fsp3) is 0.571. The van der Waals surface area contributed by atoms with E-state index >= 15 is 0 Å². The van der Waals surface area contributed by atoms with Crippen LogP contribution in [-0.4, -0.2) is 30.8 Å². The molecular formula is C14H23N7. The Morgan fingerprint density at radius 2 is 2.05 bits per heavy atom. The van der Waals surface area contributed by atoms with Gasteiger partial charge in [-0.15, -0.1) is 0 Å². The molecule has 0 fully saturated rings. The van der Waals surface area contributed by atoms with E-state index in [2.05, 4.69) is 39.2 Å². The van der Waals surface area contributed by atoms with Crippen molar-refractivity contribution in [2.45, 2.75) is 52.0 Å². The highest BCUT2D eigenvalue weighted by Gasteiger charge is 2.11. The van der Waals surface area contributed by atoms with Gasteiger partial charge in [0.2, 0.25) is 11.9 Å². The monoisotopic (exact) mass is 289 g/mol. The first-order valence-electron chi connectivity index (χ1n) is 7.51. The first-order chi connectivity index (χ1) is 10.2. The van der Waals surface area contributed by atoms with Crippen molar-refractivity contribution >= 4 is 11.9 Å². The van der Waals surface area contributed by atoms with Crippen molar-refractivity contribution in [1.29, 1.82) is 0 Å². The van der Waals surface area contributed by atoms with E-state index in [4.69, 9.17) is 5.73 Å². The Morgan fingerprint density at radius 1 is 1.19 bits per heavy atom. The summed E-state index contributed by atoms with van der Waals surface area (Å²) in [5.74, 6) is 1.15. The van der Waals surface area contributed by atoms with Crippen molar-refractivity contribution in [3.05, 3.63) is 18.5 Å². The first kappa shape index (κ1) is 15.2. The topological polar surface area (TPSA) is 94.5 Å². The summed E-state index contributed by atoms with van der Waals surface area (Å²) in [6, 6.07) is 2.18. The molecule has 7 heteroatoms. The average molecular weight is 289 g/mol. The molecule has 0 amide bonds. The molecule has 2 heterocycles. The number of aromatic nitrogens is 5. The van der Waals surface area contributed by atoms with E-state index in [-0.39, 0.29) is 5.95 Å². The van der Waals surface area contributed by atoms with Gasteiger partial charge in [0.15, 0.2) is 0 Å². The second-order valence-electron chi connectivity index (χ2n) is 5.04. The standard InChI is InChI=1S/C14H23N7/c1-3-5-8-11(7-4-2)17-13-18-12(15)19-14(20-13)21-10-6-9-16-21/h6,9-11H,3-5,7-8H2,1-2H3,(H3,15,17,18,19,20). The maximum atomic E-state index is 5.77. The Labute approximate surface area is 125 Å². The summed E-state index contributed by atoms with van der Waals surface area (Å²) >= 11 is 0. The lowest BCUT2D eigenvalue weighted by Gasteiger charge is -2.18. The summed E-state index contributed by atoms with van der Waals surface area (Å²) in [7, 11) is 0. The first-order valence-corrected chi connectivity index (χ1v) is 7.51. The highest BCUT2D eigenvalue weighted by Crippen LogP contribution is 2.13. The van der Waals surface area contributed by atoms with Crippen LogP contribution in [0.3, 0.4) is 0 Å². The van der Waals surface area contributed by atoms with Gasteiger partial charge < -0.3 is 11.1 Å². The lowest BCUT2D eigenvalue weighted by molar-refractivity contribution is 0.560. The lowest BCUT2D eigenvalue weighted by Crippen LogP contribution is -2.22. The Morgan fingerprint density at radius 3 is 2.71 bits per heavy atom. The predicted octanol–water partition coefficient (Wildman–Crippen LogP) is 2.41. The molecule has 0 spiro atoms. The third-order valence-electron chi connectivity index (χ3n) is 3.23. The average Bonchev–Trinajstić information content (AvgIpc) is 2.98. The van der Waals surface area contributed by atoms with Crippen LogP contribution in [-0.2, 0) is 0 Å². The van der Waals surface area contributed by atoms with Crippen LogP contribution in [0.2, 0.25) is 0 Å². The second kappa shape index (κ2) is 7.56. The van der Waals surface area contributed by atoms with E-state index in [0.29, 0.717) is 17.9 Å². The molecule has 0 aliphatic carbocycles. The molecule has 0 aromatic carbocycles. The van der Waals surface area contributed by atoms with Crippen molar-refractivity contribution in [2.24, 2.45) is 0 Å². The number of rotatable bonds is 8. The summed E-state index contributed by atoms with van der Waals surface area (Å²) in [4.78, 5) is 12.7. The summed E-state index contributed by atoms with van der Waals surface area (Å²) < 4.78 is 1.57. The van der Waals surface area contributed by atoms with Crippen LogP contribution in [0.25, 0.3) is 5.95 Å². The molecule has 0 saturated carbocycles. The van der Waals surface area contributed by atoms with Crippen molar-refractivity contribution in [3.8, 4) is 5.95 Å². The number of nitrogens with one attached hydrogen (secondary N) is 1. The second-order valence-corrected chi connectivity index (χ2v) is 5.04.